The van der Waals surface area contributed by atoms with Crippen molar-refractivity contribution < 1.29 is 8.42 Å². The maximum absolute atomic E-state index is 12.3. The lowest BCUT2D eigenvalue weighted by atomic mass is 10.1. The molecule has 1 aromatic carbocycles. The van der Waals surface area contributed by atoms with Crippen molar-refractivity contribution in [3.63, 3.8) is 0 Å². The molecule has 1 heterocycles. The standard InChI is InChI=1S/C13H15N3O2S/c1-9-7-11(14)8-12(10(9)2)19(17,18)16-13-5-3-4-6-15-13/h3-8H,14H2,1-2H3,(H,15,16). The van der Waals surface area contributed by atoms with Gasteiger partial charge in [0.2, 0.25) is 0 Å². The quantitative estimate of drug-likeness (QED) is 0.841. The van der Waals surface area contributed by atoms with Gasteiger partial charge in [0, 0.05) is 11.9 Å². The zero-order valence-corrected chi connectivity index (χ0v) is 11.5. The Labute approximate surface area is 112 Å². The third kappa shape index (κ3) is 2.85. The van der Waals surface area contributed by atoms with Crippen LogP contribution in [-0.4, -0.2) is 13.4 Å². The molecule has 0 unspecified atom stereocenters. The second kappa shape index (κ2) is 4.89. The molecule has 0 aliphatic heterocycles. The van der Waals surface area contributed by atoms with E-state index in [1.54, 1.807) is 31.2 Å². The molecule has 0 radical (unpaired) electrons. The molecular formula is C13H15N3O2S. The highest BCUT2D eigenvalue weighted by atomic mass is 32.2. The lowest BCUT2D eigenvalue weighted by molar-refractivity contribution is 0.600. The molecule has 100 valence electrons. The number of hydrogen-bond donors (Lipinski definition) is 2. The monoisotopic (exact) mass is 277 g/mol. The fraction of sp³-hybridized carbons (Fsp3) is 0.154. The van der Waals surface area contributed by atoms with Crippen LogP contribution in [0.5, 0.6) is 0 Å². The molecule has 2 rings (SSSR count). The lowest BCUT2D eigenvalue weighted by Gasteiger charge is -2.12. The van der Waals surface area contributed by atoms with E-state index in [-0.39, 0.29) is 10.7 Å². The van der Waals surface area contributed by atoms with Gasteiger partial charge in [0.05, 0.1) is 4.90 Å². The predicted octanol–water partition coefficient (Wildman–Crippen LogP) is 2.08. The van der Waals surface area contributed by atoms with Gasteiger partial charge in [-0.25, -0.2) is 13.4 Å². The van der Waals surface area contributed by atoms with Gasteiger partial charge in [0.15, 0.2) is 0 Å². The van der Waals surface area contributed by atoms with E-state index in [2.05, 4.69) is 9.71 Å². The van der Waals surface area contributed by atoms with Crippen molar-refractivity contribution in [3.8, 4) is 0 Å². The minimum atomic E-state index is -3.68. The van der Waals surface area contributed by atoms with Gasteiger partial charge in [0.1, 0.15) is 5.82 Å². The number of rotatable bonds is 3. The number of pyridine rings is 1. The van der Waals surface area contributed by atoms with E-state index in [1.807, 2.05) is 6.92 Å². The number of nitrogens with zero attached hydrogens (tertiary/aromatic N) is 1. The predicted molar refractivity (Wildman–Crippen MR) is 75.4 cm³/mol. The van der Waals surface area contributed by atoms with Gasteiger partial charge in [-0.15, -0.1) is 0 Å². The van der Waals surface area contributed by atoms with Gasteiger partial charge < -0.3 is 5.73 Å². The summed E-state index contributed by atoms with van der Waals surface area (Å²) >= 11 is 0. The number of hydrogen-bond acceptors (Lipinski definition) is 4. The first kappa shape index (κ1) is 13.4. The molecule has 0 saturated heterocycles. The normalized spacial score (nSPS) is 11.3. The average Bonchev–Trinajstić information content (AvgIpc) is 2.34. The summed E-state index contributed by atoms with van der Waals surface area (Å²) in [6, 6.07) is 8.21. The van der Waals surface area contributed by atoms with Crippen LogP contribution in [0.4, 0.5) is 11.5 Å². The summed E-state index contributed by atoms with van der Waals surface area (Å²) in [5, 5.41) is 0. The Kier molecular flexibility index (Phi) is 3.44. The number of anilines is 2. The van der Waals surface area contributed by atoms with Gasteiger partial charge in [-0.2, -0.15) is 0 Å². The fourth-order valence-corrected chi connectivity index (χ4v) is 3.11. The molecule has 0 spiro atoms. The minimum absolute atomic E-state index is 0.177. The largest absolute Gasteiger partial charge is 0.399 e. The molecule has 3 N–H and O–H groups in total. The van der Waals surface area contributed by atoms with Crippen molar-refractivity contribution in [2.24, 2.45) is 0 Å². The van der Waals surface area contributed by atoms with Crippen LogP contribution in [0.2, 0.25) is 0 Å². The first-order chi connectivity index (χ1) is 8.90. The van der Waals surface area contributed by atoms with Crippen LogP contribution in [0.15, 0.2) is 41.4 Å². The fourth-order valence-electron chi connectivity index (χ4n) is 1.75. The number of sulfonamides is 1. The Morgan fingerprint density at radius 1 is 1.21 bits per heavy atom. The van der Waals surface area contributed by atoms with Crippen molar-refractivity contribution in [1.29, 1.82) is 0 Å². The molecule has 0 amide bonds. The summed E-state index contributed by atoms with van der Waals surface area (Å²) < 4.78 is 27.1. The first-order valence-corrected chi connectivity index (χ1v) is 7.19. The maximum Gasteiger partial charge on any atom is 0.263 e. The summed E-state index contributed by atoms with van der Waals surface area (Å²) in [5.74, 6) is 0.280. The summed E-state index contributed by atoms with van der Waals surface area (Å²) in [7, 11) is -3.68. The molecule has 0 saturated carbocycles. The molecule has 0 aliphatic carbocycles. The molecular weight excluding hydrogens is 262 g/mol. The smallest absolute Gasteiger partial charge is 0.263 e. The number of nitrogens with one attached hydrogen (secondary N) is 1. The molecule has 19 heavy (non-hydrogen) atoms. The van der Waals surface area contributed by atoms with Crippen LogP contribution in [0.3, 0.4) is 0 Å². The van der Waals surface area contributed by atoms with E-state index in [1.165, 1.54) is 12.3 Å². The number of aryl methyl sites for hydroxylation is 1. The second-order valence-electron chi connectivity index (χ2n) is 4.28. The SMILES string of the molecule is Cc1cc(N)cc(S(=O)(=O)Nc2ccccn2)c1C. The van der Waals surface area contributed by atoms with Crippen LogP contribution in [0, 0.1) is 13.8 Å². The number of benzene rings is 1. The molecule has 6 heteroatoms. The molecule has 0 bridgehead atoms. The molecule has 2 aromatic rings. The van der Waals surface area contributed by atoms with Crippen LogP contribution >= 0.6 is 0 Å². The zero-order chi connectivity index (χ0) is 14.0. The third-order valence-electron chi connectivity index (χ3n) is 2.84. The summed E-state index contributed by atoms with van der Waals surface area (Å²) in [6.07, 6.45) is 1.52. The minimum Gasteiger partial charge on any atom is -0.399 e. The molecule has 5 nitrogen and oxygen atoms in total. The molecule has 1 aromatic heterocycles. The van der Waals surface area contributed by atoms with E-state index < -0.39 is 10.0 Å². The molecule has 0 fully saturated rings. The van der Waals surface area contributed by atoms with E-state index in [0.29, 0.717) is 11.3 Å². The molecule has 0 aliphatic rings. The van der Waals surface area contributed by atoms with E-state index >= 15 is 0 Å². The highest BCUT2D eigenvalue weighted by Gasteiger charge is 2.19. The maximum atomic E-state index is 12.3. The highest BCUT2D eigenvalue weighted by molar-refractivity contribution is 7.92. The third-order valence-corrected chi connectivity index (χ3v) is 4.32. The van der Waals surface area contributed by atoms with Gasteiger partial charge in [-0.1, -0.05) is 6.07 Å². The van der Waals surface area contributed by atoms with Crippen LogP contribution < -0.4 is 10.5 Å². The lowest BCUT2D eigenvalue weighted by Crippen LogP contribution is -2.16. The summed E-state index contributed by atoms with van der Waals surface area (Å²) in [5.41, 5.74) is 7.64. The van der Waals surface area contributed by atoms with Crippen molar-refractivity contribution in [2.75, 3.05) is 10.5 Å². The Balaban J connectivity index is 2.46. The van der Waals surface area contributed by atoms with Gasteiger partial charge in [0.25, 0.3) is 10.0 Å². The Morgan fingerprint density at radius 2 is 1.95 bits per heavy atom. The summed E-state index contributed by atoms with van der Waals surface area (Å²) in [4.78, 5) is 4.12. The topological polar surface area (TPSA) is 85.1 Å². The Morgan fingerprint density at radius 3 is 2.58 bits per heavy atom. The number of nitrogens with two attached hydrogens (primary N) is 1. The van der Waals surface area contributed by atoms with E-state index in [4.69, 9.17) is 5.73 Å². The van der Waals surface area contributed by atoms with Crippen molar-refractivity contribution in [2.45, 2.75) is 18.7 Å². The van der Waals surface area contributed by atoms with Crippen molar-refractivity contribution in [1.82, 2.24) is 4.98 Å². The van der Waals surface area contributed by atoms with Gasteiger partial charge in [-0.3, -0.25) is 4.72 Å². The zero-order valence-electron chi connectivity index (χ0n) is 10.7. The van der Waals surface area contributed by atoms with E-state index in [9.17, 15) is 8.42 Å². The van der Waals surface area contributed by atoms with Gasteiger partial charge in [-0.05, 0) is 49.2 Å². The van der Waals surface area contributed by atoms with Gasteiger partial charge >= 0.3 is 0 Å². The summed E-state index contributed by atoms with van der Waals surface area (Å²) in [6.45, 7) is 3.58. The van der Waals surface area contributed by atoms with Crippen LogP contribution in [0.1, 0.15) is 11.1 Å². The van der Waals surface area contributed by atoms with Crippen molar-refractivity contribution in [3.05, 3.63) is 47.7 Å². The van der Waals surface area contributed by atoms with Crippen molar-refractivity contribution >= 4 is 21.5 Å². The number of nitrogen functional groups attached to an aromatic ring is 1. The number of aromatic nitrogens is 1. The van der Waals surface area contributed by atoms with E-state index in [0.717, 1.165) is 5.56 Å². The highest BCUT2D eigenvalue weighted by Crippen LogP contribution is 2.23. The Hall–Kier alpha value is -2.08. The second-order valence-corrected chi connectivity index (χ2v) is 5.93. The van der Waals surface area contributed by atoms with Crippen LogP contribution in [-0.2, 0) is 10.0 Å². The van der Waals surface area contributed by atoms with Crippen LogP contribution in [0.25, 0.3) is 0 Å². The first-order valence-electron chi connectivity index (χ1n) is 5.71. The average molecular weight is 277 g/mol. The Bertz CT molecular complexity index is 697. The molecule has 0 atom stereocenters.